The number of fused-ring (bicyclic) bond motifs is 4. The van der Waals surface area contributed by atoms with Gasteiger partial charge in [-0.05, 0) is 73.0 Å². The summed E-state index contributed by atoms with van der Waals surface area (Å²) < 4.78 is 5.02. The molecule has 1 heterocycles. The maximum absolute atomic E-state index is 12.6. The number of esters is 2. The number of ether oxygens (including phenoxy) is 1. The highest BCUT2D eigenvalue weighted by Gasteiger charge is 2.65. The highest BCUT2D eigenvalue weighted by atomic mass is 16.6. The number of hydrogen-bond donors (Lipinski definition) is 1. The minimum atomic E-state index is -0.410. The molecule has 0 aromatic carbocycles. The van der Waals surface area contributed by atoms with E-state index in [1.807, 2.05) is 6.92 Å². The molecule has 0 radical (unpaired) electrons. The van der Waals surface area contributed by atoms with Gasteiger partial charge in [0.1, 0.15) is 12.1 Å². The molecule has 5 fully saturated rings. The van der Waals surface area contributed by atoms with E-state index in [-0.39, 0.29) is 60.3 Å². The van der Waals surface area contributed by atoms with Crippen LogP contribution in [0.1, 0.15) is 46.0 Å². The summed E-state index contributed by atoms with van der Waals surface area (Å²) in [4.78, 5) is 49.1. The van der Waals surface area contributed by atoms with Gasteiger partial charge in [0.25, 0.3) is 0 Å². The molecule has 0 aromatic rings. The maximum atomic E-state index is 12.6. The Balaban J connectivity index is 1.45. The van der Waals surface area contributed by atoms with Crippen molar-refractivity contribution < 1.29 is 29.0 Å². The fourth-order valence-electron chi connectivity index (χ4n) is 8.89. The zero-order valence-electron chi connectivity index (χ0n) is 17.7. The Morgan fingerprint density at radius 3 is 2.30 bits per heavy atom. The highest BCUT2D eigenvalue weighted by Crippen LogP contribution is 2.68. The van der Waals surface area contributed by atoms with Crippen LogP contribution in [0.3, 0.4) is 0 Å². The van der Waals surface area contributed by atoms with Gasteiger partial charge in [-0.3, -0.25) is 14.4 Å². The van der Waals surface area contributed by atoms with Crippen molar-refractivity contribution in [3.63, 3.8) is 0 Å². The second kappa shape index (κ2) is 7.25. The first-order chi connectivity index (χ1) is 14.4. The molecular formula is C24H32O6. The second-order valence-corrected chi connectivity index (χ2v) is 10.8. The molecule has 1 saturated heterocycles. The van der Waals surface area contributed by atoms with Gasteiger partial charge >= 0.3 is 11.9 Å². The Hall–Kier alpha value is -1.56. The number of carbonyl (C=O) groups is 4. The smallest absolute Gasteiger partial charge is 0.317 e. The summed E-state index contributed by atoms with van der Waals surface area (Å²) in [7, 11) is 0. The van der Waals surface area contributed by atoms with Crippen molar-refractivity contribution in [2.75, 3.05) is 6.61 Å². The summed E-state index contributed by atoms with van der Waals surface area (Å²) in [5.74, 6) is 1.18. The first-order valence-corrected chi connectivity index (χ1v) is 11.7. The van der Waals surface area contributed by atoms with E-state index in [1.54, 1.807) is 0 Å². The van der Waals surface area contributed by atoms with Crippen molar-refractivity contribution in [2.45, 2.75) is 46.0 Å². The quantitative estimate of drug-likeness (QED) is 0.405. The average molecular weight is 417 g/mol. The van der Waals surface area contributed by atoms with E-state index < -0.39 is 11.9 Å². The third-order valence-electron chi connectivity index (χ3n) is 9.85. The van der Waals surface area contributed by atoms with Gasteiger partial charge in [-0.1, -0.05) is 13.8 Å². The lowest BCUT2D eigenvalue weighted by Crippen LogP contribution is -2.45. The minimum absolute atomic E-state index is 0.0456. The standard InChI is InChI=1S/C24H32O6/c1-10-15-6-13(8-17(15)18(27)3-4-25)19(10)22-16-7-12(5-14(16)9-26)21(22)20-11(2)23(28)30-24(20)29/h9-17,19-22,25H,3-8H2,1-2H3. The Morgan fingerprint density at radius 2 is 1.70 bits per heavy atom. The molecule has 30 heavy (non-hydrogen) atoms. The highest BCUT2D eigenvalue weighted by molar-refractivity contribution is 5.96. The van der Waals surface area contributed by atoms with Crippen molar-refractivity contribution in [2.24, 2.45) is 71.0 Å². The van der Waals surface area contributed by atoms with Crippen molar-refractivity contribution in [3.05, 3.63) is 0 Å². The Kier molecular flexibility index (Phi) is 4.92. The van der Waals surface area contributed by atoms with Gasteiger partial charge in [-0.15, -0.1) is 0 Å². The van der Waals surface area contributed by atoms with Crippen molar-refractivity contribution >= 4 is 24.0 Å². The van der Waals surface area contributed by atoms with Crippen LogP contribution in [0.25, 0.3) is 0 Å². The van der Waals surface area contributed by atoms with Crippen LogP contribution in [0, 0.1) is 71.0 Å². The molecule has 4 aliphatic carbocycles. The van der Waals surface area contributed by atoms with E-state index in [1.165, 1.54) is 0 Å². The molecule has 5 aliphatic rings. The summed E-state index contributed by atoms with van der Waals surface area (Å²) in [6.45, 7) is 3.97. The first-order valence-electron chi connectivity index (χ1n) is 11.7. The zero-order chi connectivity index (χ0) is 21.3. The van der Waals surface area contributed by atoms with Gasteiger partial charge in [0.05, 0.1) is 11.8 Å². The van der Waals surface area contributed by atoms with Gasteiger partial charge in [0, 0.05) is 24.9 Å². The molecule has 164 valence electrons. The molecule has 6 heteroatoms. The number of aliphatic hydroxyl groups is 1. The predicted molar refractivity (Wildman–Crippen MR) is 106 cm³/mol. The minimum Gasteiger partial charge on any atom is -0.396 e. The number of ketones is 1. The fraction of sp³-hybridized carbons (Fsp3) is 0.833. The van der Waals surface area contributed by atoms with Gasteiger partial charge in [-0.2, -0.15) is 0 Å². The zero-order valence-corrected chi connectivity index (χ0v) is 17.7. The Morgan fingerprint density at radius 1 is 1.00 bits per heavy atom. The summed E-state index contributed by atoms with van der Waals surface area (Å²) >= 11 is 0. The van der Waals surface area contributed by atoms with E-state index in [4.69, 9.17) is 4.74 Å². The van der Waals surface area contributed by atoms with Crippen LogP contribution in [-0.4, -0.2) is 35.7 Å². The third kappa shape index (κ3) is 2.71. The van der Waals surface area contributed by atoms with E-state index in [0.717, 1.165) is 32.0 Å². The topological polar surface area (TPSA) is 97.7 Å². The molecule has 0 amide bonds. The Labute approximate surface area is 177 Å². The van der Waals surface area contributed by atoms with Crippen LogP contribution in [-0.2, 0) is 23.9 Å². The lowest BCUT2D eigenvalue weighted by molar-refractivity contribution is -0.154. The molecule has 1 aliphatic heterocycles. The van der Waals surface area contributed by atoms with Crippen molar-refractivity contribution in [1.82, 2.24) is 0 Å². The van der Waals surface area contributed by atoms with Crippen LogP contribution >= 0.6 is 0 Å². The molecule has 0 spiro atoms. The predicted octanol–water partition coefficient (Wildman–Crippen LogP) is 2.27. The van der Waals surface area contributed by atoms with Crippen LogP contribution in [0.5, 0.6) is 0 Å². The maximum Gasteiger partial charge on any atom is 0.317 e. The molecular weight excluding hydrogens is 384 g/mol. The Bertz CT molecular complexity index is 774. The van der Waals surface area contributed by atoms with E-state index >= 15 is 0 Å². The summed E-state index contributed by atoms with van der Waals surface area (Å²) in [5, 5.41) is 9.19. The molecule has 6 nitrogen and oxygen atoms in total. The fourth-order valence-corrected chi connectivity index (χ4v) is 8.89. The van der Waals surface area contributed by atoms with Gasteiger partial charge < -0.3 is 14.6 Å². The lowest BCUT2D eigenvalue weighted by atomic mass is 9.57. The monoisotopic (exact) mass is 416 g/mol. The van der Waals surface area contributed by atoms with Crippen LogP contribution < -0.4 is 0 Å². The van der Waals surface area contributed by atoms with Crippen molar-refractivity contribution in [1.29, 1.82) is 0 Å². The molecule has 12 unspecified atom stereocenters. The van der Waals surface area contributed by atoms with E-state index in [9.17, 15) is 24.3 Å². The van der Waals surface area contributed by atoms with Crippen LogP contribution in [0.2, 0.25) is 0 Å². The largest absolute Gasteiger partial charge is 0.396 e. The van der Waals surface area contributed by atoms with Crippen LogP contribution in [0.4, 0.5) is 0 Å². The lowest BCUT2D eigenvalue weighted by Gasteiger charge is -2.46. The van der Waals surface area contributed by atoms with Crippen molar-refractivity contribution in [3.8, 4) is 0 Å². The number of carbonyl (C=O) groups excluding carboxylic acids is 4. The molecule has 0 aromatic heterocycles. The number of aliphatic hydroxyl groups excluding tert-OH is 1. The molecule has 12 atom stereocenters. The second-order valence-electron chi connectivity index (χ2n) is 10.8. The molecule has 1 N–H and O–H groups in total. The number of hydrogen-bond acceptors (Lipinski definition) is 6. The van der Waals surface area contributed by atoms with E-state index in [2.05, 4.69) is 6.92 Å². The number of Topliss-reactive ketones (excluding diaryl/α,β-unsaturated/α-hetero) is 1. The third-order valence-corrected chi connectivity index (χ3v) is 9.85. The molecule has 4 saturated carbocycles. The summed E-state index contributed by atoms with van der Waals surface area (Å²) in [6, 6.07) is 0. The SMILES string of the molecule is CC1C(=O)OC(=O)C1C1C2CC(C=O)C(C2)C1C1C2CC(C(=O)CCO)C(C2)C1C. The van der Waals surface area contributed by atoms with Crippen LogP contribution in [0.15, 0.2) is 0 Å². The number of aldehydes is 1. The molecule has 5 rings (SSSR count). The van der Waals surface area contributed by atoms with E-state index in [0.29, 0.717) is 29.6 Å². The first kappa shape index (κ1) is 20.3. The number of rotatable bonds is 6. The summed E-state index contributed by atoms with van der Waals surface area (Å²) in [6.07, 6.45) is 5.05. The van der Waals surface area contributed by atoms with Gasteiger partial charge in [0.15, 0.2) is 0 Å². The van der Waals surface area contributed by atoms with Gasteiger partial charge in [0.2, 0.25) is 0 Å². The van der Waals surface area contributed by atoms with Gasteiger partial charge in [-0.25, -0.2) is 0 Å². The number of cyclic esters (lactones) is 2. The normalized spacial score (nSPS) is 51.6. The summed E-state index contributed by atoms with van der Waals surface area (Å²) in [5.41, 5.74) is 0. The molecule has 4 bridgehead atoms. The average Bonchev–Trinajstić information content (AvgIpc) is 3.49.